The van der Waals surface area contributed by atoms with Crippen LogP contribution in [0.25, 0.3) is 49.1 Å². The molecule has 7 aromatic rings. The third-order valence-electron chi connectivity index (χ3n) is 9.54. The second kappa shape index (κ2) is 15.6. The van der Waals surface area contributed by atoms with E-state index in [1.54, 1.807) is 11.6 Å². The standard InChI is InChI=1S/C37H37ClN8O2.CH4O3S/c1-48-25-9-11-29-28(23-25)35(26-10-8-24(38)22-32(26)41-29)40-15-5-17-45-20-18-44(19-21-45)16-4-14-39-30-12-13-31-36-34(30)37(47)27-6-2-3-7-33(27)46(36)43-42-31;1-5(2,3)4/h2-3,6-13,22-23,39H,4-5,14-21H2,1H3,(H,40,41);1H3,(H,2,3,4). The van der Waals surface area contributed by atoms with Crippen LogP contribution in [-0.2, 0) is 10.1 Å². The number of rotatable bonds is 11. The molecule has 53 heavy (non-hydrogen) atoms. The quantitative estimate of drug-likeness (QED) is 0.0853. The highest BCUT2D eigenvalue weighted by Gasteiger charge is 2.19. The van der Waals surface area contributed by atoms with Crippen LogP contribution in [0.1, 0.15) is 12.8 Å². The monoisotopic (exact) mass is 756 g/mol. The number of fused-ring (bicyclic) bond motifs is 4. The number of methoxy groups -OCH3 is 1. The van der Waals surface area contributed by atoms with Crippen molar-refractivity contribution in [1.29, 1.82) is 0 Å². The van der Waals surface area contributed by atoms with Crippen molar-refractivity contribution in [2.24, 2.45) is 0 Å². The fourth-order valence-corrected chi connectivity index (χ4v) is 7.20. The number of halogens is 1. The summed E-state index contributed by atoms with van der Waals surface area (Å²) in [6, 6.07) is 23.4. The number of nitrogens with zero attached hydrogens (tertiary/aromatic N) is 6. The summed E-state index contributed by atoms with van der Waals surface area (Å²) in [4.78, 5) is 23.4. The van der Waals surface area contributed by atoms with E-state index in [4.69, 9.17) is 25.9 Å². The molecule has 0 unspecified atom stereocenters. The first-order valence-corrected chi connectivity index (χ1v) is 19.7. The summed E-state index contributed by atoms with van der Waals surface area (Å²) in [6.45, 7) is 7.97. The summed E-state index contributed by atoms with van der Waals surface area (Å²) in [5, 5.41) is 20.0. The van der Waals surface area contributed by atoms with Crippen LogP contribution < -0.4 is 20.8 Å². The van der Waals surface area contributed by atoms with E-state index in [1.165, 1.54) is 0 Å². The van der Waals surface area contributed by atoms with Crippen LogP contribution in [0, 0.1) is 0 Å². The van der Waals surface area contributed by atoms with E-state index in [0.717, 1.165) is 121 Å². The van der Waals surface area contributed by atoms with Gasteiger partial charge in [-0.05, 0) is 86.6 Å². The van der Waals surface area contributed by atoms with Crippen molar-refractivity contribution in [3.05, 3.63) is 88.0 Å². The van der Waals surface area contributed by atoms with Crippen molar-refractivity contribution >= 4 is 82.2 Å². The van der Waals surface area contributed by atoms with Crippen LogP contribution in [0.15, 0.2) is 77.6 Å². The molecule has 3 aromatic heterocycles. The Bertz CT molecular complexity index is 2570. The van der Waals surface area contributed by atoms with Crippen molar-refractivity contribution in [3.8, 4) is 5.75 Å². The normalized spacial score (nSPS) is 14.3. The number of hydrogen-bond acceptors (Lipinski definition) is 11. The van der Waals surface area contributed by atoms with Crippen LogP contribution >= 0.6 is 11.6 Å². The second-order valence-electron chi connectivity index (χ2n) is 13.2. The van der Waals surface area contributed by atoms with Gasteiger partial charge < -0.3 is 25.2 Å². The largest absolute Gasteiger partial charge is 0.497 e. The van der Waals surface area contributed by atoms with Crippen LogP contribution in [0.3, 0.4) is 0 Å². The number of hydrogen-bond donors (Lipinski definition) is 3. The fourth-order valence-electron chi connectivity index (χ4n) is 7.04. The highest BCUT2D eigenvalue weighted by Crippen LogP contribution is 2.34. The van der Waals surface area contributed by atoms with Gasteiger partial charge in [-0.15, -0.1) is 5.10 Å². The van der Waals surface area contributed by atoms with E-state index >= 15 is 0 Å². The van der Waals surface area contributed by atoms with Gasteiger partial charge in [-0.3, -0.25) is 9.35 Å². The van der Waals surface area contributed by atoms with E-state index in [-0.39, 0.29) is 5.43 Å². The van der Waals surface area contributed by atoms with Crippen molar-refractivity contribution in [1.82, 2.24) is 29.6 Å². The number of para-hydroxylation sites is 1. The molecule has 0 bridgehead atoms. The lowest BCUT2D eigenvalue weighted by atomic mass is 10.1. The van der Waals surface area contributed by atoms with Crippen LogP contribution in [0.2, 0.25) is 5.02 Å². The number of piperazine rings is 1. The van der Waals surface area contributed by atoms with Crippen LogP contribution in [0.4, 0.5) is 11.4 Å². The predicted octanol–water partition coefficient (Wildman–Crippen LogP) is 5.62. The van der Waals surface area contributed by atoms with E-state index in [9.17, 15) is 13.2 Å². The number of nitrogens with one attached hydrogen (secondary N) is 2. The van der Waals surface area contributed by atoms with Gasteiger partial charge in [0.05, 0.1) is 41.0 Å². The van der Waals surface area contributed by atoms with Crippen LogP contribution in [0.5, 0.6) is 5.75 Å². The molecule has 15 heteroatoms. The van der Waals surface area contributed by atoms with Gasteiger partial charge in [-0.1, -0.05) is 28.9 Å². The molecule has 0 saturated carbocycles. The maximum atomic E-state index is 13.5. The van der Waals surface area contributed by atoms with Crippen molar-refractivity contribution < 1.29 is 17.7 Å². The Morgan fingerprint density at radius 2 is 1.51 bits per heavy atom. The summed E-state index contributed by atoms with van der Waals surface area (Å²) in [5.41, 5.74) is 6.04. The van der Waals surface area contributed by atoms with E-state index in [1.807, 2.05) is 72.8 Å². The molecule has 1 aliphatic heterocycles. The zero-order valence-corrected chi connectivity index (χ0v) is 31.1. The summed E-state index contributed by atoms with van der Waals surface area (Å²) in [5.74, 6) is 0.813. The van der Waals surface area contributed by atoms with Crippen LogP contribution in [-0.4, -0.2) is 108 Å². The zero-order valence-electron chi connectivity index (χ0n) is 29.5. The summed E-state index contributed by atoms with van der Waals surface area (Å²) < 4.78 is 33.2. The number of benzene rings is 4. The first kappa shape index (κ1) is 36.5. The Morgan fingerprint density at radius 3 is 2.23 bits per heavy atom. The molecule has 4 heterocycles. The first-order chi connectivity index (χ1) is 25.6. The molecule has 0 atom stereocenters. The third kappa shape index (κ3) is 8.21. The fraction of sp³-hybridized carbons (Fsp3) is 0.316. The summed E-state index contributed by atoms with van der Waals surface area (Å²) >= 11 is 6.30. The van der Waals surface area contributed by atoms with E-state index in [2.05, 4.69) is 30.7 Å². The first-order valence-electron chi connectivity index (χ1n) is 17.5. The molecule has 1 fully saturated rings. The topological polar surface area (TPSA) is 154 Å². The molecule has 0 radical (unpaired) electrons. The molecular formula is C38H41ClN8O5S. The number of pyridine rings is 2. The molecular weight excluding hydrogens is 716 g/mol. The van der Waals surface area contributed by atoms with Gasteiger partial charge in [-0.25, -0.2) is 9.50 Å². The van der Waals surface area contributed by atoms with Gasteiger partial charge in [0.15, 0.2) is 5.43 Å². The Balaban J connectivity index is 0.000000817. The molecule has 3 N–H and O–H groups in total. The molecule has 0 amide bonds. The van der Waals surface area contributed by atoms with Gasteiger partial charge in [-0.2, -0.15) is 8.42 Å². The highest BCUT2D eigenvalue weighted by molar-refractivity contribution is 7.85. The van der Waals surface area contributed by atoms with Gasteiger partial charge in [0.2, 0.25) is 0 Å². The second-order valence-corrected chi connectivity index (χ2v) is 15.1. The Hall–Kier alpha value is -4.86. The number of ether oxygens (including phenoxy) is 1. The minimum atomic E-state index is -3.67. The van der Waals surface area contributed by atoms with E-state index in [0.29, 0.717) is 22.1 Å². The Morgan fingerprint density at radius 1 is 0.830 bits per heavy atom. The van der Waals surface area contributed by atoms with Crippen molar-refractivity contribution in [2.45, 2.75) is 12.8 Å². The predicted molar refractivity (Wildman–Crippen MR) is 213 cm³/mol. The molecule has 1 saturated heterocycles. The average Bonchev–Trinajstić information content (AvgIpc) is 3.58. The number of aromatic nitrogens is 4. The summed E-state index contributed by atoms with van der Waals surface area (Å²) in [6.07, 6.45) is 2.75. The molecule has 4 aromatic carbocycles. The molecule has 8 rings (SSSR count). The maximum Gasteiger partial charge on any atom is 0.261 e. The Labute approximate surface area is 311 Å². The zero-order chi connectivity index (χ0) is 37.1. The maximum absolute atomic E-state index is 13.5. The molecule has 0 spiro atoms. The smallest absolute Gasteiger partial charge is 0.261 e. The van der Waals surface area contributed by atoms with Gasteiger partial charge in [0.1, 0.15) is 16.8 Å². The molecule has 276 valence electrons. The van der Waals surface area contributed by atoms with Gasteiger partial charge in [0.25, 0.3) is 10.1 Å². The van der Waals surface area contributed by atoms with Gasteiger partial charge >= 0.3 is 0 Å². The lowest BCUT2D eigenvalue weighted by Gasteiger charge is -2.34. The SMILES string of the molecule is COc1ccc2nc3cc(Cl)ccc3c(NCCCN3CCN(CCCNc4ccc5nnn6c7ccccc7c(=O)c4c56)CC3)c2c1.CS(=O)(=O)O. The van der Waals surface area contributed by atoms with E-state index < -0.39 is 10.1 Å². The third-order valence-corrected chi connectivity index (χ3v) is 9.78. The Kier molecular flexibility index (Phi) is 10.8. The number of anilines is 2. The van der Waals surface area contributed by atoms with Gasteiger partial charge in [0, 0.05) is 66.1 Å². The molecule has 1 aliphatic rings. The summed E-state index contributed by atoms with van der Waals surface area (Å²) in [7, 11) is -1.98. The lowest BCUT2D eigenvalue weighted by molar-refractivity contribution is 0.132. The minimum absolute atomic E-state index is 0.0208. The van der Waals surface area contributed by atoms with Crippen molar-refractivity contribution in [3.63, 3.8) is 0 Å². The molecule has 13 nitrogen and oxygen atoms in total. The van der Waals surface area contributed by atoms with Crippen molar-refractivity contribution in [2.75, 3.05) is 76.4 Å². The minimum Gasteiger partial charge on any atom is -0.497 e. The highest BCUT2D eigenvalue weighted by atomic mass is 35.5. The lowest BCUT2D eigenvalue weighted by Crippen LogP contribution is -2.47. The average molecular weight is 757 g/mol. The molecule has 0 aliphatic carbocycles.